The van der Waals surface area contributed by atoms with Crippen molar-refractivity contribution in [3.8, 4) is 11.3 Å². The van der Waals surface area contributed by atoms with Gasteiger partial charge in [0.05, 0.1) is 5.69 Å². The van der Waals surface area contributed by atoms with Crippen molar-refractivity contribution in [2.75, 3.05) is 5.32 Å². The van der Waals surface area contributed by atoms with E-state index in [9.17, 15) is 4.79 Å². The molecule has 0 unspecified atom stereocenters. The molecule has 3 rings (SSSR count). The number of aromatic nitrogens is 4. The number of hydrogen-bond acceptors (Lipinski definition) is 5. The summed E-state index contributed by atoms with van der Waals surface area (Å²) in [5, 5.41) is 9.38. The highest BCUT2D eigenvalue weighted by Gasteiger charge is 2.12. The van der Waals surface area contributed by atoms with E-state index in [0.29, 0.717) is 10.8 Å². The summed E-state index contributed by atoms with van der Waals surface area (Å²) in [6.07, 6.45) is 5.20. The number of hydrogen-bond donors (Lipinski definition) is 1. The summed E-state index contributed by atoms with van der Waals surface area (Å²) in [4.78, 5) is 20.4. The number of pyridine rings is 1. The van der Waals surface area contributed by atoms with Gasteiger partial charge < -0.3 is 0 Å². The Morgan fingerprint density at radius 1 is 1.33 bits per heavy atom. The van der Waals surface area contributed by atoms with Gasteiger partial charge in [-0.2, -0.15) is 5.10 Å². The van der Waals surface area contributed by atoms with E-state index in [1.54, 1.807) is 29.3 Å². The fourth-order valence-electron chi connectivity index (χ4n) is 1.81. The van der Waals surface area contributed by atoms with Crippen LogP contribution in [0.1, 0.15) is 17.4 Å². The third-order valence-electron chi connectivity index (χ3n) is 2.90. The number of nitrogens with one attached hydrogen (secondary N) is 1. The van der Waals surface area contributed by atoms with Crippen LogP contribution in [0.5, 0.6) is 0 Å². The van der Waals surface area contributed by atoms with Crippen molar-refractivity contribution in [2.45, 2.75) is 13.5 Å². The van der Waals surface area contributed by atoms with E-state index >= 15 is 0 Å². The SMILES string of the molecule is CCn1ccc(C(=O)Nc2nc(-c3ccncc3)cs2)n1. The van der Waals surface area contributed by atoms with Crippen molar-refractivity contribution in [3.63, 3.8) is 0 Å². The molecule has 0 aliphatic carbocycles. The van der Waals surface area contributed by atoms with Crippen molar-refractivity contribution in [1.29, 1.82) is 0 Å². The van der Waals surface area contributed by atoms with E-state index < -0.39 is 0 Å². The molecule has 0 fully saturated rings. The third kappa shape index (κ3) is 2.97. The largest absolute Gasteiger partial charge is 0.296 e. The van der Waals surface area contributed by atoms with Crippen molar-refractivity contribution < 1.29 is 4.79 Å². The Morgan fingerprint density at radius 2 is 2.14 bits per heavy atom. The summed E-state index contributed by atoms with van der Waals surface area (Å²) in [7, 11) is 0. The molecule has 0 bridgehead atoms. The van der Waals surface area contributed by atoms with Crippen LogP contribution in [-0.4, -0.2) is 25.7 Å². The molecule has 1 amide bonds. The fourth-order valence-corrected chi connectivity index (χ4v) is 2.52. The molecule has 0 aromatic carbocycles. The average molecular weight is 299 g/mol. The Morgan fingerprint density at radius 3 is 2.86 bits per heavy atom. The van der Waals surface area contributed by atoms with E-state index in [4.69, 9.17) is 0 Å². The van der Waals surface area contributed by atoms with Gasteiger partial charge in [-0.1, -0.05) is 0 Å². The Hall–Kier alpha value is -2.54. The van der Waals surface area contributed by atoms with Crippen LogP contribution in [0.4, 0.5) is 5.13 Å². The van der Waals surface area contributed by atoms with Crippen LogP contribution >= 0.6 is 11.3 Å². The van der Waals surface area contributed by atoms with Gasteiger partial charge in [0.1, 0.15) is 0 Å². The van der Waals surface area contributed by atoms with Gasteiger partial charge >= 0.3 is 0 Å². The summed E-state index contributed by atoms with van der Waals surface area (Å²) in [5.41, 5.74) is 2.17. The molecule has 0 atom stereocenters. The van der Waals surface area contributed by atoms with Crippen LogP contribution in [0.3, 0.4) is 0 Å². The molecule has 3 aromatic heterocycles. The number of carbonyl (C=O) groups is 1. The molecule has 3 heterocycles. The molecule has 6 nitrogen and oxygen atoms in total. The summed E-state index contributed by atoms with van der Waals surface area (Å²) in [5.74, 6) is -0.252. The van der Waals surface area contributed by atoms with Gasteiger partial charge in [-0.15, -0.1) is 11.3 Å². The number of anilines is 1. The van der Waals surface area contributed by atoms with Crippen LogP contribution in [0.25, 0.3) is 11.3 Å². The van der Waals surface area contributed by atoms with Gasteiger partial charge in [0.15, 0.2) is 10.8 Å². The Labute approximate surface area is 125 Å². The molecule has 0 aliphatic heterocycles. The van der Waals surface area contributed by atoms with Crippen LogP contribution in [-0.2, 0) is 6.54 Å². The maximum absolute atomic E-state index is 12.1. The summed E-state index contributed by atoms with van der Waals surface area (Å²) < 4.78 is 1.71. The molecule has 0 aliphatic rings. The number of thiazole rings is 1. The molecule has 0 saturated heterocycles. The minimum Gasteiger partial charge on any atom is -0.296 e. The normalized spacial score (nSPS) is 10.5. The molecule has 106 valence electrons. The van der Waals surface area contributed by atoms with Crippen molar-refractivity contribution in [1.82, 2.24) is 19.7 Å². The molecule has 7 heteroatoms. The van der Waals surface area contributed by atoms with Crippen LogP contribution in [0.2, 0.25) is 0 Å². The van der Waals surface area contributed by atoms with Gasteiger partial charge in [0.25, 0.3) is 5.91 Å². The second kappa shape index (κ2) is 5.84. The predicted molar refractivity (Wildman–Crippen MR) is 81.2 cm³/mol. The first-order valence-corrected chi connectivity index (χ1v) is 7.35. The average Bonchev–Trinajstić information content (AvgIpc) is 3.17. The zero-order valence-corrected chi connectivity index (χ0v) is 12.2. The van der Waals surface area contributed by atoms with E-state index in [-0.39, 0.29) is 5.91 Å². The predicted octanol–water partition coefficient (Wildman–Crippen LogP) is 2.67. The summed E-state index contributed by atoms with van der Waals surface area (Å²) >= 11 is 1.38. The van der Waals surface area contributed by atoms with E-state index in [0.717, 1.165) is 17.8 Å². The molecule has 1 N–H and O–H groups in total. The summed E-state index contributed by atoms with van der Waals surface area (Å²) in [6.45, 7) is 2.70. The van der Waals surface area contributed by atoms with E-state index in [1.807, 2.05) is 24.4 Å². The first-order valence-electron chi connectivity index (χ1n) is 6.47. The lowest BCUT2D eigenvalue weighted by atomic mass is 10.2. The Bertz CT molecular complexity index is 750. The number of amides is 1. The lowest BCUT2D eigenvalue weighted by molar-refractivity contribution is 0.102. The van der Waals surface area contributed by atoms with E-state index in [2.05, 4.69) is 20.4 Å². The standard InChI is InChI=1S/C14H13N5OS/c1-2-19-8-5-11(18-19)13(20)17-14-16-12(9-21-14)10-3-6-15-7-4-10/h3-9H,2H2,1H3,(H,16,17,20). The van der Waals surface area contributed by atoms with Crippen molar-refractivity contribution in [2.24, 2.45) is 0 Å². The molecule has 21 heavy (non-hydrogen) atoms. The second-order valence-electron chi connectivity index (χ2n) is 4.28. The first kappa shape index (κ1) is 13.4. The molecule has 3 aromatic rings. The van der Waals surface area contributed by atoms with Gasteiger partial charge in [0.2, 0.25) is 0 Å². The third-order valence-corrected chi connectivity index (χ3v) is 3.66. The van der Waals surface area contributed by atoms with Gasteiger partial charge in [-0.05, 0) is 25.1 Å². The van der Waals surface area contributed by atoms with Gasteiger partial charge in [-0.25, -0.2) is 4.98 Å². The molecule has 0 saturated carbocycles. The highest BCUT2D eigenvalue weighted by Crippen LogP contribution is 2.24. The molecular formula is C14H13N5OS. The highest BCUT2D eigenvalue weighted by molar-refractivity contribution is 7.14. The summed E-state index contributed by atoms with van der Waals surface area (Å²) in [6, 6.07) is 5.45. The maximum atomic E-state index is 12.1. The first-order chi connectivity index (χ1) is 10.3. The fraction of sp³-hybridized carbons (Fsp3) is 0.143. The van der Waals surface area contributed by atoms with E-state index in [1.165, 1.54) is 11.3 Å². The van der Waals surface area contributed by atoms with Gasteiger partial charge in [0, 0.05) is 36.1 Å². The van der Waals surface area contributed by atoms with Crippen LogP contribution < -0.4 is 5.32 Å². The van der Waals surface area contributed by atoms with Crippen molar-refractivity contribution >= 4 is 22.4 Å². The van der Waals surface area contributed by atoms with Gasteiger partial charge in [-0.3, -0.25) is 19.8 Å². The second-order valence-corrected chi connectivity index (χ2v) is 5.14. The quantitative estimate of drug-likeness (QED) is 0.804. The molecular weight excluding hydrogens is 286 g/mol. The smallest absolute Gasteiger partial charge is 0.277 e. The number of carbonyl (C=O) groups excluding carboxylic acids is 1. The van der Waals surface area contributed by atoms with Crippen molar-refractivity contribution in [3.05, 3.63) is 47.9 Å². The highest BCUT2D eigenvalue weighted by atomic mass is 32.1. The zero-order chi connectivity index (χ0) is 14.7. The molecule has 0 spiro atoms. The minimum atomic E-state index is -0.252. The van der Waals surface area contributed by atoms with Crippen LogP contribution in [0, 0.1) is 0 Å². The number of aryl methyl sites for hydroxylation is 1. The Balaban J connectivity index is 1.74. The molecule has 0 radical (unpaired) electrons. The minimum absolute atomic E-state index is 0.252. The lowest BCUT2D eigenvalue weighted by Crippen LogP contribution is -2.13. The number of nitrogens with zero attached hydrogens (tertiary/aromatic N) is 4. The Kier molecular flexibility index (Phi) is 3.74. The maximum Gasteiger partial charge on any atom is 0.277 e. The van der Waals surface area contributed by atoms with Crippen LogP contribution in [0.15, 0.2) is 42.2 Å². The zero-order valence-electron chi connectivity index (χ0n) is 11.4. The monoisotopic (exact) mass is 299 g/mol. The number of rotatable bonds is 4. The topological polar surface area (TPSA) is 72.7 Å². The lowest BCUT2D eigenvalue weighted by Gasteiger charge is -1.98.